The summed E-state index contributed by atoms with van der Waals surface area (Å²) in [7, 11) is -1.32. The Morgan fingerprint density at radius 1 is 1.28 bits per heavy atom. The maximum absolute atomic E-state index is 11.9. The van der Waals surface area contributed by atoms with Gasteiger partial charge in [0.05, 0.1) is 10.8 Å². The van der Waals surface area contributed by atoms with Crippen molar-refractivity contribution in [2.45, 2.75) is 31.7 Å². The molecule has 1 amide bonds. The minimum atomic E-state index is -1.32. The van der Waals surface area contributed by atoms with Crippen molar-refractivity contribution in [2.75, 3.05) is 11.5 Å². The maximum atomic E-state index is 11.9. The van der Waals surface area contributed by atoms with Crippen molar-refractivity contribution in [3.8, 4) is 0 Å². The third-order valence-electron chi connectivity index (χ3n) is 2.79. The Bertz CT molecular complexity index is 429. The number of anilines is 1. The van der Waals surface area contributed by atoms with E-state index in [1.807, 2.05) is 20.8 Å². The lowest BCUT2D eigenvalue weighted by atomic mass is 10.1. The van der Waals surface area contributed by atoms with Crippen molar-refractivity contribution in [3.63, 3.8) is 0 Å². The zero-order chi connectivity index (χ0) is 13.7. The van der Waals surface area contributed by atoms with Crippen molar-refractivity contribution in [3.05, 3.63) is 24.3 Å². The maximum Gasteiger partial charge on any atom is 0.233 e. The van der Waals surface area contributed by atoms with Crippen LogP contribution in [0.4, 0.5) is 5.69 Å². The molecule has 2 atom stereocenters. The summed E-state index contributed by atoms with van der Waals surface area (Å²) in [5.74, 6) is 0.159. The van der Waals surface area contributed by atoms with Crippen LogP contribution < -0.4 is 11.1 Å². The summed E-state index contributed by atoms with van der Waals surface area (Å²) in [5.41, 5.74) is 6.17. The summed E-state index contributed by atoms with van der Waals surface area (Å²) in [6.45, 7) is 6.00. The molecule has 100 valence electrons. The molecule has 3 N–H and O–H groups in total. The molecule has 5 heteroatoms. The molecular formula is C13H20N2O2S. The van der Waals surface area contributed by atoms with Gasteiger partial charge in [0.1, 0.15) is 5.75 Å². The van der Waals surface area contributed by atoms with Gasteiger partial charge < -0.3 is 11.1 Å². The van der Waals surface area contributed by atoms with E-state index >= 15 is 0 Å². The number of hydrogen-bond acceptors (Lipinski definition) is 3. The van der Waals surface area contributed by atoms with E-state index in [0.717, 1.165) is 0 Å². The fraction of sp³-hybridized carbons (Fsp3) is 0.462. The summed E-state index contributed by atoms with van der Waals surface area (Å²) in [4.78, 5) is 12.3. The highest BCUT2D eigenvalue weighted by Crippen LogP contribution is 2.10. The first-order valence-corrected chi connectivity index (χ1v) is 7.25. The first kappa shape index (κ1) is 14.7. The minimum absolute atomic E-state index is 0.0129. The number of nitrogens with one attached hydrogen (secondary N) is 1. The Balaban J connectivity index is 2.54. The summed E-state index contributed by atoms with van der Waals surface area (Å²) in [5, 5.41) is 2.83. The van der Waals surface area contributed by atoms with Crippen LogP contribution in [0.5, 0.6) is 0 Å². The van der Waals surface area contributed by atoms with E-state index in [4.69, 9.17) is 5.73 Å². The third kappa shape index (κ3) is 4.49. The first-order chi connectivity index (χ1) is 8.40. The second kappa shape index (κ2) is 6.54. The van der Waals surface area contributed by atoms with Gasteiger partial charge >= 0.3 is 0 Å². The molecule has 0 heterocycles. The van der Waals surface area contributed by atoms with Gasteiger partial charge in [-0.05, 0) is 37.1 Å². The van der Waals surface area contributed by atoms with Crippen LogP contribution in [0, 0.1) is 5.92 Å². The number of benzene rings is 1. The van der Waals surface area contributed by atoms with E-state index in [1.165, 1.54) is 0 Å². The number of hydrogen-bond donors (Lipinski definition) is 2. The SMILES string of the molecule is CC(C)C(C)NC(=O)CS(=O)c1ccc(N)cc1. The first-order valence-electron chi connectivity index (χ1n) is 5.93. The van der Waals surface area contributed by atoms with E-state index in [-0.39, 0.29) is 17.7 Å². The zero-order valence-electron chi connectivity index (χ0n) is 11.0. The molecule has 1 aromatic rings. The molecule has 0 spiro atoms. The number of nitrogen functional groups attached to an aromatic ring is 1. The average molecular weight is 268 g/mol. The number of carbonyl (C=O) groups is 1. The van der Waals surface area contributed by atoms with Gasteiger partial charge in [0.2, 0.25) is 5.91 Å². The van der Waals surface area contributed by atoms with Crippen molar-refractivity contribution >= 4 is 22.4 Å². The minimum Gasteiger partial charge on any atom is -0.399 e. The summed E-state index contributed by atoms with van der Waals surface area (Å²) in [6, 6.07) is 6.82. The van der Waals surface area contributed by atoms with Gasteiger partial charge in [-0.1, -0.05) is 13.8 Å². The highest BCUT2D eigenvalue weighted by atomic mass is 32.2. The molecule has 0 aliphatic rings. The predicted octanol–water partition coefficient (Wildman–Crippen LogP) is 1.54. The van der Waals surface area contributed by atoms with Crippen LogP contribution >= 0.6 is 0 Å². The molecule has 1 aromatic carbocycles. The molecule has 1 rings (SSSR count). The normalized spacial score (nSPS) is 14.2. The molecule has 0 radical (unpaired) electrons. The second-order valence-electron chi connectivity index (χ2n) is 4.66. The molecule has 0 saturated carbocycles. The Labute approximate surface area is 110 Å². The van der Waals surface area contributed by atoms with Crippen LogP contribution in [0.1, 0.15) is 20.8 Å². The van der Waals surface area contributed by atoms with Crippen molar-refractivity contribution in [1.29, 1.82) is 0 Å². The lowest BCUT2D eigenvalue weighted by Gasteiger charge is -2.17. The van der Waals surface area contributed by atoms with E-state index in [9.17, 15) is 9.00 Å². The topological polar surface area (TPSA) is 72.2 Å². The molecule has 0 aliphatic carbocycles. The van der Waals surface area contributed by atoms with Crippen LogP contribution in [-0.2, 0) is 15.6 Å². The Kier molecular flexibility index (Phi) is 5.34. The highest BCUT2D eigenvalue weighted by molar-refractivity contribution is 7.85. The Hall–Kier alpha value is -1.36. The quantitative estimate of drug-likeness (QED) is 0.796. The summed E-state index contributed by atoms with van der Waals surface area (Å²) >= 11 is 0. The van der Waals surface area contributed by atoms with Crippen LogP contribution in [0.3, 0.4) is 0 Å². The van der Waals surface area contributed by atoms with Gasteiger partial charge in [-0.25, -0.2) is 0 Å². The van der Waals surface area contributed by atoms with Gasteiger partial charge in [0.25, 0.3) is 0 Å². The third-order valence-corrected chi connectivity index (χ3v) is 4.12. The molecular weight excluding hydrogens is 248 g/mol. The van der Waals surface area contributed by atoms with Crippen molar-refractivity contribution < 1.29 is 9.00 Å². The zero-order valence-corrected chi connectivity index (χ0v) is 11.8. The number of amides is 1. The van der Waals surface area contributed by atoms with Gasteiger partial charge in [0.15, 0.2) is 0 Å². The monoisotopic (exact) mass is 268 g/mol. The van der Waals surface area contributed by atoms with E-state index in [1.54, 1.807) is 24.3 Å². The van der Waals surface area contributed by atoms with Crippen LogP contribution in [-0.4, -0.2) is 21.9 Å². The van der Waals surface area contributed by atoms with Crippen molar-refractivity contribution in [1.82, 2.24) is 5.32 Å². The van der Waals surface area contributed by atoms with Gasteiger partial charge in [-0.3, -0.25) is 9.00 Å². The molecule has 0 aliphatic heterocycles. The molecule has 0 fully saturated rings. The largest absolute Gasteiger partial charge is 0.399 e. The number of nitrogens with two attached hydrogens (primary N) is 1. The lowest BCUT2D eigenvalue weighted by Crippen LogP contribution is -2.38. The van der Waals surface area contributed by atoms with Crippen molar-refractivity contribution in [2.24, 2.45) is 5.92 Å². The van der Waals surface area contributed by atoms with Crippen LogP contribution in [0.25, 0.3) is 0 Å². The highest BCUT2D eigenvalue weighted by Gasteiger charge is 2.14. The lowest BCUT2D eigenvalue weighted by molar-refractivity contribution is -0.119. The van der Waals surface area contributed by atoms with E-state index in [2.05, 4.69) is 5.32 Å². The summed E-state index contributed by atoms with van der Waals surface area (Å²) in [6.07, 6.45) is 0. The Morgan fingerprint density at radius 3 is 2.33 bits per heavy atom. The molecule has 0 bridgehead atoms. The predicted molar refractivity (Wildman–Crippen MR) is 74.6 cm³/mol. The van der Waals surface area contributed by atoms with Gasteiger partial charge in [0, 0.05) is 16.6 Å². The van der Waals surface area contributed by atoms with E-state index in [0.29, 0.717) is 16.5 Å². The smallest absolute Gasteiger partial charge is 0.233 e. The van der Waals surface area contributed by atoms with Gasteiger partial charge in [-0.15, -0.1) is 0 Å². The average Bonchev–Trinajstić information content (AvgIpc) is 2.29. The number of rotatable bonds is 5. The molecule has 4 nitrogen and oxygen atoms in total. The van der Waals surface area contributed by atoms with Crippen LogP contribution in [0.2, 0.25) is 0 Å². The Morgan fingerprint density at radius 2 is 1.83 bits per heavy atom. The molecule has 18 heavy (non-hydrogen) atoms. The van der Waals surface area contributed by atoms with E-state index < -0.39 is 10.8 Å². The molecule has 0 saturated heterocycles. The summed E-state index contributed by atoms with van der Waals surface area (Å²) < 4.78 is 11.9. The van der Waals surface area contributed by atoms with Crippen LogP contribution in [0.15, 0.2) is 29.2 Å². The van der Waals surface area contributed by atoms with Gasteiger partial charge in [-0.2, -0.15) is 0 Å². The standard InChI is InChI=1S/C13H20N2O2S/c1-9(2)10(3)15-13(16)8-18(17)12-6-4-11(14)5-7-12/h4-7,9-10H,8,14H2,1-3H3,(H,15,16). The second-order valence-corrected chi connectivity index (χ2v) is 6.11. The molecule has 0 aromatic heterocycles. The fourth-order valence-electron chi connectivity index (χ4n) is 1.28. The molecule has 2 unspecified atom stereocenters. The fourth-order valence-corrected chi connectivity index (χ4v) is 2.21. The number of carbonyl (C=O) groups excluding carboxylic acids is 1.